The SMILES string of the molecule is Cc1ccc(Br)cc1Nc1cnccc1C#N. The zero-order valence-corrected chi connectivity index (χ0v) is 10.8. The first-order valence-corrected chi connectivity index (χ1v) is 5.87. The number of nitriles is 1. The predicted molar refractivity (Wildman–Crippen MR) is 71.1 cm³/mol. The van der Waals surface area contributed by atoms with Gasteiger partial charge in [-0.25, -0.2) is 0 Å². The Kier molecular flexibility index (Phi) is 3.40. The highest BCUT2D eigenvalue weighted by Crippen LogP contribution is 2.25. The van der Waals surface area contributed by atoms with E-state index in [2.05, 4.69) is 32.3 Å². The number of aryl methyl sites for hydroxylation is 1. The topological polar surface area (TPSA) is 48.7 Å². The molecule has 0 unspecified atom stereocenters. The lowest BCUT2D eigenvalue weighted by Crippen LogP contribution is -1.96. The van der Waals surface area contributed by atoms with Crippen molar-refractivity contribution in [2.45, 2.75) is 6.92 Å². The standard InChI is InChI=1S/C13H10BrN3/c1-9-2-3-11(14)6-12(9)17-13-8-16-5-4-10(13)7-15/h2-6,8,17H,1H3. The van der Waals surface area contributed by atoms with Gasteiger partial charge in [0.2, 0.25) is 0 Å². The van der Waals surface area contributed by atoms with E-state index in [0.717, 1.165) is 21.4 Å². The summed E-state index contributed by atoms with van der Waals surface area (Å²) >= 11 is 3.42. The summed E-state index contributed by atoms with van der Waals surface area (Å²) in [5.74, 6) is 0. The van der Waals surface area contributed by atoms with Gasteiger partial charge in [0, 0.05) is 16.4 Å². The molecule has 0 aliphatic rings. The highest BCUT2D eigenvalue weighted by Gasteiger charge is 2.04. The van der Waals surface area contributed by atoms with Gasteiger partial charge in [0.1, 0.15) is 6.07 Å². The molecule has 0 atom stereocenters. The van der Waals surface area contributed by atoms with Crippen molar-refractivity contribution >= 4 is 27.3 Å². The van der Waals surface area contributed by atoms with Gasteiger partial charge in [0.05, 0.1) is 17.4 Å². The number of nitrogens with one attached hydrogen (secondary N) is 1. The molecular formula is C13H10BrN3. The van der Waals surface area contributed by atoms with Crippen molar-refractivity contribution in [2.24, 2.45) is 0 Å². The van der Waals surface area contributed by atoms with Crippen molar-refractivity contribution < 1.29 is 0 Å². The number of pyridine rings is 1. The van der Waals surface area contributed by atoms with Crippen molar-refractivity contribution in [1.29, 1.82) is 5.26 Å². The Labute approximate surface area is 108 Å². The normalized spacial score (nSPS) is 9.71. The van der Waals surface area contributed by atoms with Crippen LogP contribution in [-0.4, -0.2) is 4.98 Å². The molecule has 0 aliphatic carbocycles. The molecule has 1 aromatic carbocycles. The van der Waals surface area contributed by atoms with Crippen LogP contribution in [0.1, 0.15) is 11.1 Å². The molecule has 4 heteroatoms. The van der Waals surface area contributed by atoms with Crippen LogP contribution in [0.3, 0.4) is 0 Å². The summed E-state index contributed by atoms with van der Waals surface area (Å²) in [4.78, 5) is 4.02. The molecule has 0 saturated heterocycles. The smallest absolute Gasteiger partial charge is 0.101 e. The van der Waals surface area contributed by atoms with Crippen LogP contribution in [0.15, 0.2) is 41.1 Å². The third-order valence-corrected chi connectivity index (χ3v) is 2.90. The number of benzene rings is 1. The highest BCUT2D eigenvalue weighted by atomic mass is 79.9. The third-order valence-electron chi connectivity index (χ3n) is 2.41. The summed E-state index contributed by atoms with van der Waals surface area (Å²) < 4.78 is 0.994. The summed E-state index contributed by atoms with van der Waals surface area (Å²) in [6.45, 7) is 2.01. The van der Waals surface area contributed by atoms with Crippen molar-refractivity contribution in [3.63, 3.8) is 0 Å². The fourth-order valence-electron chi connectivity index (χ4n) is 1.47. The second kappa shape index (κ2) is 4.98. The molecule has 0 amide bonds. The van der Waals surface area contributed by atoms with Gasteiger partial charge >= 0.3 is 0 Å². The molecule has 0 saturated carbocycles. The van der Waals surface area contributed by atoms with E-state index < -0.39 is 0 Å². The van der Waals surface area contributed by atoms with Crippen LogP contribution >= 0.6 is 15.9 Å². The Morgan fingerprint density at radius 2 is 2.12 bits per heavy atom. The van der Waals surface area contributed by atoms with Crippen LogP contribution in [0.25, 0.3) is 0 Å². The van der Waals surface area contributed by atoms with Crippen LogP contribution in [0.5, 0.6) is 0 Å². The molecule has 1 heterocycles. The fraction of sp³-hybridized carbons (Fsp3) is 0.0769. The molecule has 3 nitrogen and oxygen atoms in total. The summed E-state index contributed by atoms with van der Waals surface area (Å²) in [6.07, 6.45) is 3.26. The van der Waals surface area contributed by atoms with Crippen molar-refractivity contribution in [2.75, 3.05) is 5.32 Å². The van der Waals surface area contributed by atoms with Gasteiger partial charge in [-0.15, -0.1) is 0 Å². The van der Waals surface area contributed by atoms with Gasteiger partial charge in [-0.05, 0) is 30.7 Å². The largest absolute Gasteiger partial charge is 0.353 e. The van der Waals surface area contributed by atoms with Gasteiger partial charge in [0.15, 0.2) is 0 Å². The molecule has 0 aliphatic heterocycles. The Morgan fingerprint density at radius 3 is 2.88 bits per heavy atom. The average molecular weight is 288 g/mol. The van der Waals surface area contributed by atoms with E-state index in [0.29, 0.717) is 5.56 Å². The van der Waals surface area contributed by atoms with Crippen molar-refractivity contribution in [3.05, 3.63) is 52.3 Å². The second-order valence-electron chi connectivity index (χ2n) is 3.62. The van der Waals surface area contributed by atoms with Gasteiger partial charge in [-0.1, -0.05) is 22.0 Å². The van der Waals surface area contributed by atoms with Gasteiger partial charge < -0.3 is 5.32 Å². The minimum absolute atomic E-state index is 0.583. The molecule has 1 aromatic heterocycles. The lowest BCUT2D eigenvalue weighted by Gasteiger charge is -2.10. The monoisotopic (exact) mass is 287 g/mol. The number of anilines is 2. The summed E-state index contributed by atoms with van der Waals surface area (Å²) in [6, 6.07) is 9.79. The molecule has 2 aromatic rings. The van der Waals surface area contributed by atoms with E-state index in [1.54, 1.807) is 18.5 Å². The van der Waals surface area contributed by atoms with Gasteiger partial charge in [-0.3, -0.25) is 4.98 Å². The summed E-state index contributed by atoms with van der Waals surface area (Å²) in [5.41, 5.74) is 3.38. The van der Waals surface area contributed by atoms with Crippen LogP contribution in [-0.2, 0) is 0 Å². The second-order valence-corrected chi connectivity index (χ2v) is 4.53. The van der Waals surface area contributed by atoms with E-state index in [-0.39, 0.29) is 0 Å². The quantitative estimate of drug-likeness (QED) is 0.915. The summed E-state index contributed by atoms with van der Waals surface area (Å²) in [7, 11) is 0. The predicted octanol–water partition coefficient (Wildman–Crippen LogP) is 3.77. The van der Waals surface area contributed by atoms with Crippen LogP contribution < -0.4 is 5.32 Å². The number of hydrogen-bond donors (Lipinski definition) is 1. The Balaban J connectivity index is 2.38. The Morgan fingerprint density at radius 1 is 1.29 bits per heavy atom. The molecule has 17 heavy (non-hydrogen) atoms. The maximum Gasteiger partial charge on any atom is 0.101 e. The molecule has 2 rings (SSSR count). The minimum atomic E-state index is 0.583. The van der Waals surface area contributed by atoms with Crippen molar-refractivity contribution in [3.8, 4) is 6.07 Å². The van der Waals surface area contributed by atoms with E-state index in [4.69, 9.17) is 5.26 Å². The fourth-order valence-corrected chi connectivity index (χ4v) is 1.83. The van der Waals surface area contributed by atoms with Crippen LogP contribution in [0.2, 0.25) is 0 Å². The van der Waals surface area contributed by atoms with Gasteiger partial charge in [-0.2, -0.15) is 5.26 Å². The molecule has 1 N–H and O–H groups in total. The van der Waals surface area contributed by atoms with E-state index >= 15 is 0 Å². The minimum Gasteiger partial charge on any atom is -0.353 e. The van der Waals surface area contributed by atoms with Crippen LogP contribution in [0, 0.1) is 18.3 Å². The maximum atomic E-state index is 8.99. The van der Waals surface area contributed by atoms with E-state index in [1.807, 2.05) is 25.1 Å². The Bertz CT molecular complexity index is 587. The first kappa shape index (κ1) is 11.6. The molecule has 0 bridgehead atoms. The lowest BCUT2D eigenvalue weighted by molar-refractivity contribution is 1.30. The third kappa shape index (κ3) is 2.63. The first-order valence-electron chi connectivity index (χ1n) is 5.08. The van der Waals surface area contributed by atoms with E-state index in [9.17, 15) is 0 Å². The highest BCUT2D eigenvalue weighted by molar-refractivity contribution is 9.10. The number of aromatic nitrogens is 1. The van der Waals surface area contributed by atoms with E-state index in [1.165, 1.54) is 0 Å². The number of halogens is 1. The molecule has 0 radical (unpaired) electrons. The van der Waals surface area contributed by atoms with Crippen LogP contribution in [0.4, 0.5) is 11.4 Å². The number of nitrogens with zero attached hydrogens (tertiary/aromatic N) is 2. The Hall–Kier alpha value is -1.86. The van der Waals surface area contributed by atoms with Crippen molar-refractivity contribution in [1.82, 2.24) is 4.98 Å². The lowest BCUT2D eigenvalue weighted by atomic mass is 10.2. The molecular weight excluding hydrogens is 278 g/mol. The number of hydrogen-bond acceptors (Lipinski definition) is 3. The number of rotatable bonds is 2. The first-order chi connectivity index (χ1) is 8.20. The summed E-state index contributed by atoms with van der Waals surface area (Å²) in [5, 5.41) is 12.2. The van der Waals surface area contributed by atoms with Gasteiger partial charge in [0.25, 0.3) is 0 Å². The average Bonchev–Trinajstić information content (AvgIpc) is 2.34. The molecule has 84 valence electrons. The molecule has 0 fully saturated rings. The zero-order chi connectivity index (χ0) is 12.3. The maximum absolute atomic E-state index is 8.99. The molecule has 0 spiro atoms. The zero-order valence-electron chi connectivity index (χ0n) is 9.24.